The summed E-state index contributed by atoms with van der Waals surface area (Å²) in [5.41, 5.74) is 1.45. The van der Waals surface area contributed by atoms with Crippen molar-refractivity contribution in [2.24, 2.45) is 23.2 Å². The molecule has 1 nitrogen and oxygen atoms in total. The monoisotopic (exact) mass is 220 g/mol. The summed E-state index contributed by atoms with van der Waals surface area (Å²) >= 11 is 0. The lowest BCUT2D eigenvalue weighted by Gasteiger charge is -2.48. The van der Waals surface area contributed by atoms with E-state index < -0.39 is 0 Å². The smallest absolute Gasteiger partial charge is 0.143 e. The fourth-order valence-electron chi connectivity index (χ4n) is 3.82. The first-order valence-corrected chi connectivity index (χ1v) is 6.67. The van der Waals surface area contributed by atoms with Crippen LogP contribution in [0.1, 0.15) is 52.9 Å². The summed E-state index contributed by atoms with van der Waals surface area (Å²) in [5, 5.41) is 0. The Labute approximate surface area is 99.3 Å². The molecule has 0 aliphatic heterocycles. The molecular weight excluding hydrogens is 196 g/mol. The van der Waals surface area contributed by atoms with Crippen molar-refractivity contribution in [1.82, 2.24) is 0 Å². The Morgan fingerprint density at radius 3 is 2.69 bits per heavy atom. The van der Waals surface area contributed by atoms with E-state index in [1.165, 1.54) is 24.8 Å². The van der Waals surface area contributed by atoms with E-state index in [0.717, 1.165) is 12.8 Å². The van der Waals surface area contributed by atoms with Crippen LogP contribution in [-0.2, 0) is 4.79 Å². The van der Waals surface area contributed by atoms with Crippen molar-refractivity contribution in [3.8, 4) is 0 Å². The molecule has 0 amide bonds. The van der Waals surface area contributed by atoms with Gasteiger partial charge in [-0.3, -0.25) is 4.79 Å². The van der Waals surface area contributed by atoms with E-state index in [9.17, 15) is 4.79 Å². The van der Waals surface area contributed by atoms with Crippen LogP contribution in [0.3, 0.4) is 0 Å². The second-order valence-electron chi connectivity index (χ2n) is 6.39. The molecule has 2 rings (SSSR count). The zero-order valence-electron chi connectivity index (χ0n) is 10.9. The third-order valence-electron chi connectivity index (χ3n) is 4.83. The third kappa shape index (κ3) is 1.74. The summed E-state index contributed by atoms with van der Waals surface area (Å²) in [6, 6.07) is 0. The SMILES string of the molecule is C=C1CCC[C@]2(C)CC[C@@H](C(C)C)C(=O)C12. The van der Waals surface area contributed by atoms with E-state index >= 15 is 0 Å². The highest BCUT2D eigenvalue weighted by atomic mass is 16.1. The molecule has 1 unspecified atom stereocenters. The van der Waals surface area contributed by atoms with Gasteiger partial charge in [-0.25, -0.2) is 0 Å². The summed E-state index contributed by atoms with van der Waals surface area (Å²) in [6.45, 7) is 10.8. The lowest BCUT2D eigenvalue weighted by Crippen LogP contribution is -2.46. The van der Waals surface area contributed by atoms with Gasteiger partial charge in [0.25, 0.3) is 0 Å². The van der Waals surface area contributed by atoms with Gasteiger partial charge in [-0.15, -0.1) is 0 Å². The van der Waals surface area contributed by atoms with E-state index in [2.05, 4.69) is 27.4 Å². The Balaban J connectivity index is 2.27. The second kappa shape index (κ2) is 4.01. The first-order valence-electron chi connectivity index (χ1n) is 6.67. The predicted octanol–water partition coefficient (Wildman–Crippen LogP) is 3.98. The topological polar surface area (TPSA) is 17.1 Å². The summed E-state index contributed by atoms with van der Waals surface area (Å²) in [6.07, 6.45) is 5.82. The van der Waals surface area contributed by atoms with E-state index in [4.69, 9.17) is 0 Å². The molecule has 1 heteroatoms. The van der Waals surface area contributed by atoms with Gasteiger partial charge in [-0.2, -0.15) is 0 Å². The summed E-state index contributed by atoms with van der Waals surface area (Å²) in [4.78, 5) is 12.6. The maximum absolute atomic E-state index is 12.6. The largest absolute Gasteiger partial charge is 0.299 e. The molecule has 16 heavy (non-hydrogen) atoms. The minimum Gasteiger partial charge on any atom is -0.299 e. The molecule has 0 N–H and O–H groups in total. The van der Waals surface area contributed by atoms with Crippen molar-refractivity contribution < 1.29 is 4.79 Å². The van der Waals surface area contributed by atoms with Gasteiger partial charge in [-0.1, -0.05) is 32.9 Å². The highest BCUT2D eigenvalue weighted by Crippen LogP contribution is 2.52. The number of Topliss-reactive ketones (excluding diaryl/α,β-unsaturated/α-hetero) is 1. The summed E-state index contributed by atoms with van der Waals surface area (Å²) in [7, 11) is 0. The van der Waals surface area contributed by atoms with E-state index in [-0.39, 0.29) is 17.3 Å². The molecule has 0 bridgehead atoms. The average Bonchev–Trinajstić information content (AvgIpc) is 2.16. The molecule has 2 aliphatic carbocycles. The van der Waals surface area contributed by atoms with Crippen LogP contribution in [0.5, 0.6) is 0 Å². The summed E-state index contributed by atoms with van der Waals surface area (Å²) in [5.74, 6) is 1.44. The molecule has 0 heterocycles. The van der Waals surface area contributed by atoms with Crippen molar-refractivity contribution in [3.63, 3.8) is 0 Å². The van der Waals surface area contributed by atoms with Crippen molar-refractivity contribution >= 4 is 5.78 Å². The molecule has 0 aromatic heterocycles. The van der Waals surface area contributed by atoms with Gasteiger partial charge in [0, 0.05) is 11.8 Å². The maximum atomic E-state index is 12.6. The second-order valence-corrected chi connectivity index (χ2v) is 6.39. The molecule has 2 saturated carbocycles. The molecule has 0 spiro atoms. The summed E-state index contributed by atoms with van der Waals surface area (Å²) < 4.78 is 0. The van der Waals surface area contributed by atoms with Crippen molar-refractivity contribution in [2.45, 2.75) is 52.9 Å². The number of carbonyl (C=O) groups excluding carboxylic acids is 1. The van der Waals surface area contributed by atoms with E-state index in [0.29, 0.717) is 11.7 Å². The van der Waals surface area contributed by atoms with Crippen LogP contribution in [-0.4, -0.2) is 5.78 Å². The van der Waals surface area contributed by atoms with Crippen molar-refractivity contribution in [3.05, 3.63) is 12.2 Å². The number of ketones is 1. The minimum atomic E-state index is 0.169. The van der Waals surface area contributed by atoms with Gasteiger partial charge in [0.1, 0.15) is 5.78 Å². The molecule has 0 saturated heterocycles. The predicted molar refractivity (Wildman–Crippen MR) is 67.2 cm³/mol. The van der Waals surface area contributed by atoms with Crippen LogP contribution in [0.4, 0.5) is 0 Å². The number of rotatable bonds is 1. The maximum Gasteiger partial charge on any atom is 0.143 e. The van der Waals surface area contributed by atoms with Crippen LogP contribution in [0.25, 0.3) is 0 Å². The average molecular weight is 220 g/mol. The normalized spacial score (nSPS) is 40.0. The number of carbonyl (C=O) groups is 1. The number of hydrogen-bond acceptors (Lipinski definition) is 1. The van der Waals surface area contributed by atoms with Crippen LogP contribution >= 0.6 is 0 Å². The van der Waals surface area contributed by atoms with Gasteiger partial charge in [-0.05, 0) is 43.4 Å². The Morgan fingerprint density at radius 2 is 2.06 bits per heavy atom. The third-order valence-corrected chi connectivity index (χ3v) is 4.83. The molecule has 90 valence electrons. The van der Waals surface area contributed by atoms with Crippen LogP contribution in [0, 0.1) is 23.2 Å². The van der Waals surface area contributed by atoms with Crippen molar-refractivity contribution in [2.75, 3.05) is 0 Å². The highest BCUT2D eigenvalue weighted by molar-refractivity contribution is 5.87. The minimum absolute atomic E-state index is 0.169. The highest BCUT2D eigenvalue weighted by Gasteiger charge is 2.48. The van der Waals surface area contributed by atoms with Crippen LogP contribution in [0.15, 0.2) is 12.2 Å². The number of fused-ring (bicyclic) bond motifs is 1. The molecule has 0 aromatic rings. The number of allylic oxidation sites excluding steroid dienone is 1. The zero-order chi connectivity index (χ0) is 11.9. The lowest BCUT2D eigenvalue weighted by molar-refractivity contribution is -0.136. The first kappa shape index (κ1) is 11.9. The van der Waals surface area contributed by atoms with Crippen LogP contribution < -0.4 is 0 Å². The van der Waals surface area contributed by atoms with Gasteiger partial charge in [0.05, 0.1) is 0 Å². The Kier molecular flexibility index (Phi) is 2.98. The van der Waals surface area contributed by atoms with Gasteiger partial charge < -0.3 is 0 Å². The molecule has 3 atom stereocenters. The fraction of sp³-hybridized carbons (Fsp3) is 0.800. The Hall–Kier alpha value is -0.590. The quantitative estimate of drug-likeness (QED) is 0.611. The van der Waals surface area contributed by atoms with Crippen molar-refractivity contribution in [1.29, 1.82) is 0 Å². The molecule has 0 radical (unpaired) electrons. The van der Waals surface area contributed by atoms with E-state index in [1.54, 1.807) is 0 Å². The van der Waals surface area contributed by atoms with Gasteiger partial charge in [0.15, 0.2) is 0 Å². The van der Waals surface area contributed by atoms with Crippen LogP contribution in [0.2, 0.25) is 0 Å². The van der Waals surface area contributed by atoms with Gasteiger partial charge >= 0.3 is 0 Å². The van der Waals surface area contributed by atoms with Gasteiger partial charge in [0.2, 0.25) is 0 Å². The molecular formula is C15H24O. The standard InChI is InChI=1S/C15H24O/c1-10(2)12-7-9-15(4)8-5-6-11(3)13(15)14(12)16/h10,12-13H,3,5-9H2,1-2,4H3/t12-,13?,15+/m0/s1. The Morgan fingerprint density at radius 1 is 1.38 bits per heavy atom. The molecule has 2 fully saturated rings. The fourth-order valence-corrected chi connectivity index (χ4v) is 3.82. The molecule has 0 aromatic carbocycles. The Bertz CT molecular complexity index is 315. The lowest BCUT2D eigenvalue weighted by atomic mass is 9.55. The van der Waals surface area contributed by atoms with E-state index in [1.807, 2.05) is 0 Å². The molecule has 2 aliphatic rings. The zero-order valence-corrected chi connectivity index (χ0v) is 10.9. The number of hydrogen-bond donors (Lipinski definition) is 0. The first-order chi connectivity index (χ1) is 7.46.